The van der Waals surface area contributed by atoms with Crippen molar-refractivity contribution >= 4 is 23.0 Å². The van der Waals surface area contributed by atoms with Crippen molar-refractivity contribution in [3.63, 3.8) is 0 Å². The number of nitriles is 1. The summed E-state index contributed by atoms with van der Waals surface area (Å²) in [5.41, 5.74) is 2.54. The topological polar surface area (TPSA) is 55.1 Å². The Balaban J connectivity index is 2.03. The fourth-order valence-corrected chi connectivity index (χ4v) is 3.91. The number of methoxy groups -OCH3 is 2. The largest absolute Gasteiger partial charge is 0.493 e. The van der Waals surface area contributed by atoms with Crippen LogP contribution in [-0.4, -0.2) is 19.2 Å². The molecule has 0 saturated carbocycles. The highest BCUT2D eigenvalue weighted by Crippen LogP contribution is 2.35. The Morgan fingerprint density at radius 3 is 2.78 bits per heavy atom. The molecule has 0 amide bonds. The molecule has 5 heteroatoms. The van der Waals surface area contributed by atoms with Crippen molar-refractivity contribution in [3.05, 3.63) is 39.3 Å². The van der Waals surface area contributed by atoms with Gasteiger partial charge in [0.25, 0.3) is 0 Å². The molecule has 0 N–H and O–H groups in total. The van der Waals surface area contributed by atoms with Gasteiger partial charge in [0.2, 0.25) is 0 Å². The fourth-order valence-electron chi connectivity index (χ4n) is 2.79. The summed E-state index contributed by atoms with van der Waals surface area (Å²) in [4.78, 5) is 6.00. The third-order valence-corrected chi connectivity index (χ3v) is 5.12. The summed E-state index contributed by atoms with van der Waals surface area (Å²) in [5.74, 6) is 1.28. The summed E-state index contributed by atoms with van der Waals surface area (Å²) in [7, 11) is 3.20. The van der Waals surface area contributed by atoms with Gasteiger partial charge in [0.15, 0.2) is 11.5 Å². The lowest BCUT2D eigenvalue weighted by Gasteiger charge is -2.10. The number of para-hydroxylation sites is 1. The second-order valence-electron chi connectivity index (χ2n) is 5.35. The summed E-state index contributed by atoms with van der Waals surface area (Å²) in [6, 6.07) is 7.91. The molecule has 1 aliphatic rings. The third kappa shape index (κ3) is 3.08. The number of aromatic nitrogens is 1. The molecular formula is C18H18N2O2S. The van der Waals surface area contributed by atoms with Gasteiger partial charge in [-0.1, -0.05) is 12.1 Å². The molecule has 118 valence electrons. The van der Waals surface area contributed by atoms with Crippen molar-refractivity contribution in [2.24, 2.45) is 0 Å². The van der Waals surface area contributed by atoms with Crippen LogP contribution in [0.5, 0.6) is 11.5 Å². The highest BCUT2D eigenvalue weighted by molar-refractivity contribution is 7.13. The maximum absolute atomic E-state index is 9.57. The normalized spacial score (nSPS) is 14.0. The van der Waals surface area contributed by atoms with Crippen LogP contribution < -0.4 is 9.47 Å². The smallest absolute Gasteiger partial charge is 0.167 e. The minimum absolute atomic E-state index is 0.566. The first kappa shape index (κ1) is 15.6. The average molecular weight is 326 g/mol. The Morgan fingerprint density at radius 1 is 1.26 bits per heavy atom. The Morgan fingerprint density at radius 2 is 2.09 bits per heavy atom. The Hall–Kier alpha value is -2.32. The number of aryl methyl sites for hydroxylation is 2. The first-order chi connectivity index (χ1) is 11.3. The average Bonchev–Trinajstić information content (AvgIpc) is 3.02. The van der Waals surface area contributed by atoms with Crippen molar-refractivity contribution in [1.29, 1.82) is 5.26 Å². The van der Waals surface area contributed by atoms with Crippen LogP contribution in [0.25, 0.3) is 11.6 Å². The molecular weight excluding hydrogens is 308 g/mol. The molecule has 0 atom stereocenters. The summed E-state index contributed by atoms with van der Waals surface area (Å²) in [6.07, 6.45) is 6.32. The molecule has 2 aromatic rings. The van der Waals surface area contributed by atoms with E-state index in [1.807, 2.05) is 24.3 Å². The van der Waals surface area contributed by atoms with E-state index in [9.17, 15) is 5.26 Å². The van der Waals surface area contributed by atoms with E-state index >= 15 is 0 Å². The van der Waals surface area contributed by atoms with E-state index < -0.39 is 0 Å². The minimum atomic E-state index is 0.566. The molecule has 1 aromatic heterocycles. The fraction of sp³-hybridized carbons (Fsp3) is 0.333. The number of fused-ring (bicyclic) bond motifs is 1. The first-order valence-electron chi connectivity index (χ1n) is 7.58. The molecule has 0 saturated heterocycles. The molecule has 1 aliphatic carbocycles. The summed E-state index contributed by atoms with van der Waals surface area (Å²) in [6.45, 7) is 0. The number of thiazole rings is 1. The molecule has 0 unspecified atom stereocenters. The quantitative estimate of drug-likeness (QED) is 0.794. The van der Waals surface area contributed by atoms with Gasteiger partial charge < -0.3 is 9.47 Å². The molecule has 1 heterocycles. The zero-order valence-electron chi connectivity index (χ0n) is 13.3. The van der Waals surface area contributed by atoms with Gasteiger partial charge in [0, 0.05) is 10.4 Å². The monoisotopic (exact) mass is 326 g/mol. The van der Waals surface area contributed by atoms with E-state index in [-0.39, 0.29) is 0 Å². The van der Waals surface area contributed by atoms with Gasteiger partial charge in [-0.3, -0.25) is 0 Å². The highest BCUT2D eigenvalue weighted by Gasteiger charge is 2.18. The Kier molecular flexibility index (Phi) is 4.63. The van der Waals surface area contributed by atoms with Crippen LogP contribution in [0.3, 0.4) is 0 Å². The maximum Gasteiger partial charge on any atom is 0.167 e. The lowest BCUT2D eigenvalue weighted by molar-refractivity contribution is 0.354. The van der Waals surface area contributed by atoms with Crippen molar-refractivity contribution in [3.8, 4) is 17.6 Å². The van der Waals surface area contributed by atoms with Gasteiger partial charge in [-0.05, 0) is 37.8 Å². The molecule has 0 radical (unpaired) electrons. The minimum Gasteiger partial charge on any atom is -0.493 e. The second-order valence-corrected chi connectivity index (χ2v) is 6.43. The van der Waals surface area contributed by atoms with E-state index in [4.69, 9.17) is 9.47 Å². The van der Waals surface area contributed by atoms with Crippen LogP contribution in [0.2, 0.25) is 0 Å². The van der Waals surface area contributed by atoms with E-state index in [0.29, 0.717) is 17.1 Å². The van der Waals surface area contributed by atoms with Gasteiger partial charge in [-0.2, -0.15) is 5.26 Å². The van der Waals surface area contributed by atoms with Crippen molar-refractivity contribution in [1.82, 2.24) is 4.98 Å². The van der Waals surface area contributed by atoms with Crippen LogP contribution in [0.4, 0.5) is 0 Å². The van der Waals surface area contributed by atoms with Crippen LogP contribution in [-0.2, 0) is 12.8 Å². The van der Waals surface area contributed by atoms with Gasteiger partial charge in [-0.15, -0.1) is 11.3 Å². The maximum atomic E-state index is 9.57. The molecule has 4 nitrogen and oxygen atoms in total. The second kappa shape index (κ2) is 6.84. The number of allylic oxidation sites excluding steroid dienone is 1. The van der Waals surface area contributed by atoms with Crippen LogP contribution in [0.1, 0.15) is 34.0 Å². The molecule has 0 aliphatic heterocycles. The van der Waals surface area contributed by atoms with Gasteiger partial charge in [0.05, 0.1) is 25.5 Å². The van der Waals surface area contributed by atoms with E-state index in [0.717, 1.165) is 29.1 Å². The zero-order valence-corrected chi connectivity index (χ0v) is 14.1. The van der Waals surface area contributed by atoms with Crippen LogP contribution in [0.15, 0.2) is 18.2 Å². The number of hydrogen-bond acceptors (Lipinski definition) is 5. The van der Waals surface area contributed by atoms with Crippen molar-refractivity contribution < 1.29 is 9.47 Å². The standard InChI is InChI=1S/C18H18N2O2S/c1-21-15-8-5-6-12(17(15)22-2)10-13(11-19)18-20-14-7-3-4-9-16(14)23-18/h5-6,8,10H,3-4,7,9H2,1-2H3/b13-10+. The summed E-state index contributed by atoms with van der Waals surface area (Å²) >= 11 is 1.64. The van der Waals surface area contributed by atoms with Crippen LogP contribution in [0, 0.1) is 11.3 Å². The van der Waals surface area contributed by atoms with E-state index in [1.165, 1.54) is 17.7 Å². The van der Waals surface area contributed by atoms with E-state index in [2.05, 4.69) is 11.1 Å². The lowest BCUT2D eigenvalue weighted by Crippen LogP contribution is -1.99. The molecule has 0 bridgehead atoms. The lowest BCUT2D eigenvalue weighted by atomic mass is 10.0. The zero-order chi connectivity index (χ0) is 16.2. The van der Waals surface area contributed by atoms with E-state index in [1.54, 1.807) is 25.6 Å². The number of nitrogens with zero attached hydrogens (tertiary/aromatic N) is 2. The van der Waals surface area contributed by atoms with Gasteiger partial charge in [-0.25, -0.2) is 4.98 Å². The first-order valence-corrected chi connectivity index (χ1v) is 8.40. The van der Waals surface area contributed by atoms with Gasteiger partial charge >= 0.3 is 0 Å². The molecule has 0 spiro atoms. The Bertz CT molecular complexity index is 763. The highest BCUT2D eigenvalue weighted by atomic mass is 32.1. The van der Waals surface area contributed by atoms with Gasteiger partial charge in [0.1, 0.15) is 11.1 Å². The third-order valence-electron chi connectivity index (χ3n) is 3.93. The predicted molar refractivity (Wildman–Crippen MR) is 91.8 cm³/mol. The number of ether oxygens (including phenoxy) is 2. The number of hydrogen-bond donors (Lipinski definition) is 0. The SMILES string of the molecule is COc1cccc(/C=C(\C#N)c2nc3c(s2)CCCC3)c1OC. The number of benzene rings is 1. The molecule has 0 fully saturated rings. The Labute approximate surface area is 140 Å². The summed E-state index contributed by atoms with van der Waals surface area (Å²) in [5, 5.41) is 10.4. The summed E-state index contributed by atoms with van der Waals surface area (Å²) < 4.78 is 10.7. The van der Waals surface area contributed by atoms with Crippen LogP contribution >= 0.6 is 11.3 Å². The molecule has 1 aromatic carbocycles. The molecule has 23 heavy (non-hydrogen) atoms. The van der Waals surface area contributed by atoms with Crippen molar-refractivity contribution in [2.45, 2.75) is 25.7 Å². The number of rotatable bonds is 4. The van der Waals surface area contributed by atoms with Crippen molar-refractivity contribution in [2.75, 3.05) is 14.2 Å². The predicted octanol–water partition coefficient (Wildman–Crippen LogP) is 4.10. The molecule has 3 rings (SSSR count).